The molecule has 0 atom stereocenters. The molecule has 0 aliphatic carbocycles. The highest BCUT2D eigenvalue weighted by molar-refractivity contribution is 5.92. The lowest BCUT2D eigenvalue weighted by atomic mass is 10.0. The number of rotatable bonds is 9. The third-order valence-electron chi connectivity index (χ3n) is 4.38. The smallest absolute Gasteiger partial charge is 0.272 e. The van der Waals surface area contributed by atoms with E-state index in [4.69, 9.17) is 0 Å². The summed E-state index contributed by atoms with van der Waals surface area (Å²) >= 11 is 0. The minimum atomic E-state index is -0.0290. The Morgan fingerprint density at radius 1 is 1.00 bits per heavy atom. The molecule has 5 nitrogen and oxygen atoms in total. The molecule has 26 heavy (non-hydrogen) atoms. The SMILES string of the molecule is CCCN(CCC)C(=O)c1ccnc(Nc2c(CC)cccc2CC)n1. The molecular formula is C21H30N4O. The predicted octanol–water partition coefficient (Wildman–Crippen LogP) is 4.61. The van der Waals surface area contributed by atoms with Crippen molar-refractivity contribution in [2.75, 3.05) is 18.4 Å². The van der Waals surface area contributed by atoms with Gasteiger partial charge in [-0.05, 0) is 42.9 Å². The first kappa shape index (κ1) is 19.9. The molecule has 1 N–H and O–H groups in total. The number of nitrogens with one attached hydrogen (secondary N) is 1. The Balaban J connectivity index is 2.29. The lowest BCUT2D eigenvalue weighted by Crippen LogP contribution is -2.33. The summed E-state index contributed by atoms with van der Waals surface area (Å²) < 4.78 is 0. The fourth-order valence-electron chi connectivity index (χ4n) is 3.07. The fourth-order valence-corrected chi connectivity index (χ4v) is 3.07. The summed E-state index contributed by atoms with van der Waals surface area (Å²) in [6.45, 7) is 9.92. The second-order valence-electron chi connectivity index (χ2n) is 6.34. The Bertz CT molecular complexity index is 701. The summed E-state index contributed by atoms with van der Waals surface area (Å²) in [5.41, 5.74) is 3.95. The van der Waals surface area contributed by atoms with E-state index in [1.807, 2.05) is 4.90 Å². The topological polar surface area (TPSA) is 58.1 Å². The minimum Gasteiger partial charge on any atom is -0.337 e. The molecular weight excluding hydrogens is 324 g/mol. The van der Waals surface area contributed by atoms with E-state index in [2.05, 4.69) is 61.2 Å². The average Bonchev–Trinajstić information content (AvgIpc) is 2.67. The van der Waals surface area contributed by atoms with E-state index in [1.165, 1.54) is 11.1 Å². The summed E-state index contributed by atoms with van der Waals surface area (Å²) in [6.07, 6.45) is 5.38. The van der Waals surface area contributed by atoms with Crippen LogP contribution < -0.4 is 5.32 Å². The zero-order chi connectivity index (χ0) is 18.9. The van der Waals surface area contributed by atoms with Crippen LogP contribution >= 0.6 is 0 Å². The Morgan fingerprint density at radius 3 is 2.15 bits per heavy atom. The number of carbonyl (C=O) groups excluding carboxylic acids is 1. The number of hydrogen-bond donors (Lipinski definition) is 1. The fraction of sp³-hybridized carbons (Fsp3) is 0.476. The molecule has 0 aliphatic heterocycles. The maximum atomic E-state index is 12.8. The van der Waals surface area contributed by atoms with Crippen LogP contribution in [0.25, 0.3) is 0 Å². The van der Waals surface area contributed by atoms with Crippen molar-refractivity contribution in [1.29, 1.82) is 0 Å². The molecule has 0 radical (unpaired) electrons. The molecule has 0 fully saturated rings. The first-order chi connectivity index (χ1) is 12.6. The zero-order valence-electron chi connectivity index (χ0n) is 16.4. The summed E-state index contributed by atoms with van der Waals surface area (Å²) in [6, 6.07) is 8.00. The highest BCUT2D eigenvalue weighted by Gasteiger charge is 2.17. The standard InChI is InChI=1S/C21H30N4O/c1-5-14-25(15-6-2)20(26)18-12-13-22-21(23-18)24-19-16(7-3)10-9-11-17(19)8-4/h9-13H,5-8,14-15H2,1-4H3,(H,22,23,24). The van der Waals surface area contributed by atoms with Gasteiger partial charge in [-0.1, -0.05) is 45.9 Å². The number of hydrogen-bond acceptors (Lipinski definition) is 4. The van der Waals surface area contributed by atoms with Gasteiger partial charge in [-0.25, -0.2) is 9.97 Å². The first-order valence-corrected chi connectivity index (χ1v) is 9.64. The van der Waals surface area contributed by atoms with Crippen LogP contribution in [0, 0.1) is 0 Å². The number of anilines is 2. The van der Waals surface area contributed by atoms with Crippen molar-refractivity contribution in [3.8, 4) is 0 Å². The Labute approximate surface area is 156 Å². The van der Waals surface area contributed by atoms with Crippen LogP contribution in [0.5, 0.6) is 0 Å². The largest absolute Gasteiger partial charge is 0.337 e. The van der Waals surface area contributed by atoms with Gasteiger partial charge in [0.2, 0.25) is 5.95 Å². The summed E-state index contributed by atoms with van der Waals surface area (Å²) in [5.74, 6) is 0.443. The van der Waals surface area contributed by atoms with Crippen molar-refractivity contribution in [3.63, 3.8) is 0 Å². The molecule has 0 saturated heterocycles. The average molecular weight is 354 g/mol. The van der Waals surface area contributed by atoms with Crippen molar-refractivity contribution in [3.05, 3.63) is 47.3 Å². The monoisotopic (exact) mass is 354 g/mol. The van der Waals surface area contributed by atoms with Gasteiger partial charge in [0.15, 0.2) is 0 Å². The van der Waals surface area contributed by atoms with Gasteiger partial charge in [-0.2, -0.15) is 0 Å². The summed E-state index contributed by atoms with van der Waals surface area (Å²) in [4.78, 5) is 23.5. The van der Waals surface area contributed by atoms with Crippen LogP contribution in [-0.4, -0.2) is 33.9 Å². The second kappa shape index (κ2) is 9.90. The van der Waals surface area contributed by atoms with Crippen LogP contribution in [0.3, 0.4) is 0 Å². The third-order valence-corrected chi connectivity index (χ3v) is 4.38. The van der Waals surface area contributed by atoms with Crippen molar-refractivity contribution in [2.24, 2.45) is 0 Å². The van der Waals surface area contributed by atoms with Gasteiger partial charge in [-0.3, -0.25) is 4.79 Å². The maximum Gasteiger partial charge on any atom is 0.272 e. The van der Waals surface area contributed by atoms with Gasteiger partial charge >= 0.3 is 0 Å². The molecule has 1 heterocycles. The molecule has 1 amide bonds. The van der Waals surface area contributed by atoms with E-state index in [9.17, 15) is 4.79 Å². The molecule has 0 saturated carbocycles. The molecule has 0 unspecified atom stereocenters. The van der Waals surface area contributed by atoms with Crippen LogP contribution in [0.1, 0.15) is 62.2 Å². The van der Waals surface area contributed by atoms with Crippen molar-refractivity contribution < 1.29 is 4.79 Å². The normalized spacial score (nSPS) is 10.6. The van der Waals surface area contributed by atoms with Crippen LogP contribution in [0.2, 0.25) is 0 Å². The van der Waals surface area contributed by atoms with Crippen molar-refractivity contribution in [2.45, 2.75) is 53.4 Å². The minimum absolute atomic E-state index is 0.0290. The maximum absolute atomic E-state index is 12.8. The Kier molecular flexibility index (Phi) is 7.57. The van der Waals surface area contributed by atoms with E-state index in [0.717, 1.165) is 44.5 Å². The van der Waals surface area contributed by atoms with Gasteiger partial charge in [0, 0.05) is 25.0 Å². The highest BCUT2D eigenvalue weighted by atomic mass is 16.2. The first-order valence-electron chi connectivity index (χ1n) is 9.64. The van der Waals surface area contributed by atoms with E-state index < -0.39 is 0 Å². The molecule has 1 aromatic heterocycles. The molecule has 0 bridgehead atoms. The van der Waals surface area contributed by atoms with E-state index in [1.54, 1.807) is 12.3 Å². The number of benzene rings is 1. The van der Waals surface area contributed by atoms with E-state index in [0.29, 0.717) is 11.6 Å². The number of carbonyl (C=O) groups is 1. The zero-order valence-corrected chi connectivity index (χ0v) is 16.4. The number of aryl methyl sites for hydroxylation is 2. The number of nitrogens with zero attached hydrogens (tertiary/aromatic N) is 3. The molecule has 0 aliphatic rings. The van der Waals surface area contributed by atoms with Gasteiger partial charge < -0.3 is 10.2 Å². The quantitative estimate of drug-likeness (QED) is 0.714. The van der Waals surface area contributed by atoms with Gasteiger partial charge in [0.1, 0.15) is 5.69 Å². The molecule has 1 aromatic carbocycles. The number of para-hydroxylation sites is 1. The van der Waals surface area contributed by atoms with Gasteiger partial charge in [0.25, 0.3) is 5.91 Å². The van der Waals surface area contributed by atoms with Crippen molar-refractivity contribution >= 4 is 17.5 Å². The molecule has 2 rings (SSSR count). The summed E-state index contributed by atoms with van der Waals surface area (Å²) in [5, 5.41) is 3.35. The molecule has 5 heteroatoms. The molecule has 0 spiro atoms. The van der Waals surface area contributed by atoms with Crippen LogP contribution in [-0.2, 0) is 12.8 Å². The van der Waals surface area contributed by atoms with Crippen LogP contribution in [0.15, 0.2) is 30.5 Å². The van der Waals surface area contributed by atoms with Crippen LogP contribution in [0.4, 0.5) is 11.6 Å². The number of amides is 1. The molecule has 2 aromatic rings. The predicted molar refractivity (Wildman–Crippen MR) is 107 cm³/mol. The third kappa shape index (κ3) is 4.81. The second-order valence-corrected chi connectivity index (χ2v) is 6.34. The number of aromatic nitrogens is 2. The van der Waals surface area contributed by atoms with Gasteiger partial charge in [0.05, 0.1) is 0 Å². The van der Waals surface area contributed by atoms with E-state index in [-0.39, 0.29) is 5.91 Å². The summed E-state index contributed by atoms with van der Waals surface area (Å²) in [7, 11) is 0. The van der Waals surface area contributed by atoms with E-state index >= 15 is 0 Å². The lowest BCUT2D eigenvalue weighted by Gasteiger charge is -2.21. The Morgan fingerprint density at radius 2 is 1.62 bits per heavy atom. The highest BCUT2D eigenvalue weighted by Crippen LogP contribution is 2.25. The Hall–Kier alpha value is -2.43. The van der Waals surface area contributed by atoms with Crippen molar-refractivity contribution in [1.82, 2.24) is 14.9 Å². The molecule has 140 valence electrons. The lowest BCUT2D eigenvalue weighted by molar-refractivity contribution is 0.0749. The van der Waals surface area contributed by atoms with Gasteiger partial charge in [-0.15, -0.1) is 0 Å².